The van der Waals surface area contributed by atoms with Crippen molar-refractivity contribution in [1.29, 1.82) is 5.26 Å². The Balaban J connectivity index is 1.37. The molecule has 1 aromatic heterocycles. The first-order valence-electron chi connectivity index (χ1n) is 14.6. The monoisotopic (exact) mass is 577 g/mol. The van der Waals surface area contributed by atoms with Crippen molar-refractivity contribution >= 4 is 5.69 Å². The van der Waals surface area contributed by atoms with Crippen LogP contribution in [-0.4, -0.2) is 15.0 Å². The number of nitrogens with two attached hydrogens (primary N) is 1. The van der Waals surface area contributed by atoms with E-state index in [4.69, 9.17) is 25.9 Å². The number of nitrogens with zero attached hydrogens (tertiary/aromatic N) is 4. The molecule has 1 heterocycles. The molecule has 0 bridgehead atoms. The second-order valence-electron chi connectivity index (χ2n) is 10.7. The minimum absolute atomic E-state index is 0.593. The molecule has 0 unspecified atom stereocenters. The molecule has 6 aromatic carbocycles. The van der Waals surface area contributed by atoms with Gasteiger partial charge in [0.2, 0.25) is 0 Å². The Morgan fingerprint density at radius 3 is 1.18 bits per heavy atom. The standard InChI is InChI=1S/C40H27N5/c41-26-27-11-13-28(14-12-27)29-15-17-30(18-16-29)34-23-35(31-19-21-37(42)22-20-31)25-36(24-34)40-44-38(32-7-3-1-4-8-32)43-39(45-40)33-9-5-2-6-10-33/h1-25H,42H2. The van der Waals surface area contributed by atoms with Gasteiger partial charge < -0.3 is 5.73 Å². The van der Waals surface area contributed by atoms with Gasteiger partial charge in [0.25, 0.3) is 0 Å². The van der Waals surface area contributed by atoms with Crippen LogP contribution in [0.2, 0.25) is 0 Å². The molecule has 0 aliphatic carbocycles. The Labute approximate surface area is 262 Å². The fourth-order valence-electron chi connectivity index (χ4n) is 5.30. The summed E-state index contributed by atoms with van der Waals surface area (Å²) in [6.07, 6.45) is 0. The lowest BCUT2D eigenvalue weighted by atomic mass is 9.94. The van der Waals surface area contributed by atoms with Crippen molar-refractivity contribution in [3.63, 3.8) is 0 Å². The van der Waals surface area contributed by atoms with E-state index in [9.17, 15) is 0 Å². The molecule has 0 aliphatic rings. The predicted molar refractivity (Wildman–Crippen MR) is 182 cm³/mol. The van der Waals surface area contributed by atoms with E-state index in [1.807, 2.05) is 109 Å². The minimum atomic E-state index is 0.593. The van der Waals surface area contributed by atoms with Crippen molar-refractivity contribution in [1.82, 2.24) is 15.0 Å². The molecule has 5 nitrogen and oxygen atoms in total. The maximum atomic E-state index is 9.16. The van der Waals surface area contributed by atoms with Gasteiger partial charge in [-0.3, -0.25) is 0 Å². The second kappa shape index (κ2) is 12.1. The number of rotatable bonds is 6. The van der Waals surface area contributed by atoms with E-state index in [0.717, 1.165) is 50.1 Å². The summed E-state index contributed by atoms with van der Waals surface area (Å²) in [7, 11) is 0. The summed E-state index contributed by atoms with van der Waals surface area (Å²) in [4.78, 5) is 14.8. The van der Waals surface area contributed by atoms with E-state index >= 15 is 0 Å². The van der Waals surface area contributed by atoms with Crippen molar-refractivity contribution < 1.29 is 0 Å². The van der Waals surface area contributed by atoms with Crippen molar-refractivity contribution in [2.24, 2.45) is 0 Å². The Hall–Kier alpha value is -6.38. The first kappa shape index (κ1) is 27.5. The Kier molecular flexibility index (Phi) is 7.37. The largest absolute Gasteiger partial charge is 0.399 e. The SMILES string of the molecule is N#Cc1ccc(-c2ccc(-c3cc(-c4ccc(N)cc4)cc(-c4nc(-c5ccccc5)nc(-c5ccccc5)n4)c3)cc2)cc1. The fraction of sp³-hybridized carbons (Fsp3) is 0. The second-order valence-corrected chi connectivity index (χ2v) is 10.7. The van der Waals surface area contributed by atoms with Crippen LogP contribution in [0.3, 0.4) is 0 Å². The van der Waals surface area contributed by atoms with E-state index in [0.29, 0.717) is 28.7 Å². The molecule has 7 rings (SSSR count). The molecule has 0 saturated carbocycles. The van der Waals surface area contributed by atoms with Gasteiger partial charge in [-0.15, -0.1) is 0 Å². The van der Waals surface area contributed by atoms with Crippen LogP contribution in [0.4, 0.5) is 5.69 Å². The molecule has 0 radical (unpaired) electrons. The fourth-order valence-corrected chi connectivity index (χ4v) is 5.30. The van der Waals surface area contributed by atoms with E-state index in [1.165, 1.54) is 0 Å². The third kappa shape index (κ3) is 5.94. The summed E-state index contributed by atoms with van der Waals surface area (Å²) in [6.45, 7) is 0. The number of aromatic nitrogens is 3. The van der Waals surface area contributed by atoms with E-state index in [2.05, 4.69) is 48.5 Å². The first-order chi connectivity index (χ1) is 22.1. The van der Waals surface area contributed by atoms with Crippen LogP contribution >= 0.6 is 0 Å². The molecule has 0 aliphatic heterocycles. The third-order valence-electron chi connectivity index (χ3n) is 7.70. The number of nitriles is 1. The van der Waals surface area contributed by atoms with Crippen LogP contribution in [0.15, 0.2) is 152 Å². The molecule has 5 heteroatoms. The Morgan fingerprint density at radius 2 is 0.733 bits per heavy atom. The molecule has 7 aromatic rings. The number of benzene rings is 6. The number of nitrogen functional groups attached to an aromatic ring is 1. The molecule has 0 atom stereocenters. The van der Waals surface area contributed by atoms with Gasteiger partial charge in [0.1, 0.15) is 0 Å². The Morgan fingerprint density at radius 1 is 0.378 bits per heavy atom. The smallest absolute Gasteiger partial charge is 0.164 e. The highest BCUT2D eigenvalue weighted by Gasteiger charge is 2.15. The third-order valence-corrected chi connectivity index (χ3v) is 7.70. The van der Waals surface area contributed by atoms with Gasteiger partial charge in [-0.2, -0.15) is 5.26 Å². The predicted octanol–water partition coefficient (Wildman–Crippen LogP) is 9.33. The highest BCUT2D eigenvalue weighted by molar-refractivity contribution is 5.81. The minimum Gasteiger partial charge on any atom is -0.399 e. The van der Waals surface area contributed by atoms with Crippen molar-refractivity contribution in [3.05, 3.63) is 157 Å². The molecule has 0 spiro atoms. The molecule has 45 heavy (non-hydrogen) atoms. The van der Waals surface area contributed by atoms with Gasteiger partial charge in [0.15, 0.2) is 17.5 Å². The zero-order valence-corrected chi connectivity index (χ0v) is 24.3. The van der Waals surface area contributed by atoms with Crippen LogP contribution in [-0.2, 0) is 0 Å². The van der Waals surface area contributed by atoms with Gasteiger partial charge in [0, 0.05) is 22.4 Å². The molecular formula is C40H27N5. The quantitative estimate of drug-likeness (QED) is 0.199. The number of hydrogen-bond donors (Lipinski definition) is 1. The van der Waals surface area contributed by atoms with Crippen molar-refractivity contribution in [3.8, 4) is 73.6 Å². The highest BCUT2D eigenvalue weighted by Crippen LogP contribution is 2.34. The molecule has 212 valence electrons. The lowest BCUT2D eigenvalue weighted by Gasteiger charge is -2.13. The maximum absolute atomic E-state index is 9.16. The summed E-state index contributed by atoms with van der Waals surface area (Å²) in [5.41, 5.74) is 16.4. The maximum Gasteiger partial charge on any atom is 0.164 e. The van der Waals surface area contributed by atoms with E-state index in [1.54, 1.807) is 0 Å². The van der Waals surface area contributed by atoms with Crippen LogP contribution in [0, 0.1) is 11.3 Å². The summed E-state index contributed by atoms with van der Waals surface area (Å²) >= 11 is 0. The molecular weight excluding hydrogens is 550 g/mol. The van der Waals surface area contributed by atoms with E-state index < -0.39 is 0 Å². The summed E-state index contributed by atoms with van der Waals surface area (Å²) in [5.74, 6) is 1.83. The average Bonchev–Trinajstić information content (AvgIpc) is 3.12. The van der Waals surface area contributed by atoms with Gasteiger partial charge in [-0.1, -0.05) is 109 Å². The van der Waals surface area contributed by atoms with Crippen LogP contribution < -0.4 is 5.73 Å². The summed E-state index contributed by atoms with van der Waals surface area (Å²) in [5, 5.41) is 9.16. The van der Waals surface area contributed by atoms with Crippen LogP contribution in [0.1, 0.15) is 5.56 Å². The van der Waals surface area contributed by atoms with Crippen molar-refractivity contribution in [2.45, 2.75) is 0 Å². The number of anilines is 1. The first-order valence-corrected chi connectivity index (χ1v) is 14.6. The van der Waals surface area contributed by atoms with Crippen LogP contribution in [0.5, 0.6) is 0 Å². The summed E-state index contributed by atoms with van der Waals surface area (Å²) in [6, 6.07) is 52.6. The molecule has 0 fully saturated rings. The zero-order chi connectivity index (χ0) is 30.6. The highest BCUT2D eigenvalue weighted by atomic mass is 15.0. The van der Waals surface area contributed by atoms with Crippen LogP contribution in [0.25, 0.3) is 67.5 Å². The zero-order valence-electron chi connectivity index (χ0n) is 24.3. The summed E-state index contributed by atoms with van der Waals surface area (Å²) < 4.78 is 0. The van der Waals surface area contributed by atoms with E-state index in [-0.39, 0.29) is 0 Å². The number of hydrogen-bond acceptors (Lipinski definition) is 5. The lowest BCUT2D eigenvalue weighted by molar-refractivity contribution is 1.07. The van der Waals surface area contributed by atoms with Crippen molar-refractivity contribution in [2.75, 3.05) is 5.73 Å². The Bertz CT molecular complexity index is 2070. The molecule has 2 N–H and O–H groups in total. The van der Waals surface area contributed by atoms with Gasteiger partial charge >= 0.3 is 0 Å². The molecule has 0 amide bonds. The normalized spacial score (nSPS) is 10.7. The van der Waals surface area contributed by atoms with Gasteiger partial charge in [-0.25, -0.2) is 15.0 Å². The van der Waals surface area contributed by atoms with Gasteiger partial charge in [-0.05, 0) is 75.8 Å². The molecule has 0 saturated heterocycles. The average molecular weight is 578 g/mol. The lowest BCUT2D eigenvalue weighted by Crippen LogP contribution is -2.00. The van der Waals surface area contributed by atoms with Gasteiger partial charge in [0.05, 0.1) is 11.6 Å². The topological polar surface area (TPSA) is 88.5 Å².